The van der Waals surface area contributed by atoms with Crippen molar-refractivity contribution in [3.63, 3.8) is 0 Å². The summed E-state index contributed by atoms with van der Waals surface area (Å²) in [5, 5.41) is 10.4. The Morgan fingerprint density at radius 1 is 0.880 bits per heavy atom. The second kappa shape index (κ2) is 9.38. The molecule has 136 valence electrons. The van der Waals surface area contributed by atoms with Crippen molar-refractivity contribution in [3.05, 3.63) is 60.2 Å². The summed E-state index contributed by atoms with van der Waals surface area (Å²) in [6.07, 6.45) is 2.95. The fourth-order valence-electron chi connectivity index (χ4n) is 4.14. The number of hydrogen-bond acceptors (Lipinski definition) is 2. The number of aliphatic hydroxyl groups is 1. The first-order chi connectivity index (χ1) is 11.7. The maximum Gasteiger partial charge on any atom is 0.0698 e. The Balaban J connectivity index is 0.00000225. The van der Waals surface area contributed by atoms with Crippen LogP contribution in [0, 0.1) is 5.92 Å². The highest BCUT2D eigenvalue weighted by Crippen LogP contribution is 2.32. The molecule has 0 amide bonds. The topological polar surface area (TPSA) is 23.5 Å². The van der Waals surface area contributed by atoms with Gasteiger partial charge in [-0.3, -0.25) is 4.90 Å². The molecule has 0 spiro atoms. The van der Waals surface area contributed by atoms with Gasteiger partial charge in [0.25, 0.3) is 0 Å². The van der Waals surface area contributed by atoms with Gasteiger partial charge in [0.2, 0.25) is 0 Å². The highest BCUT2D eigenvalue weighted by atomic mass is 35.5. The lowest BCUT2D eigenvalue weighted by molar-refractivity contribution is 0.0770. The summed E-state index contributed by atoms with van der Waals surface area (Å²) < 4.78 is 0. The molecule has 1 aliphatic carbocycles. The van der Waals surface area contributed by atoms with Crippen molar-refractivity contribution in [2.75, 3.05) is 13.1 Å². The van der Waals surface area contributed by atoms with Crippen molar-refractivity contribution < 1.29 is 5.11 Å². The standard InChI is InChI=1S/C22H29NO.ClH/c1-3-23(4-2)21-15-18(16-22(21)24)14-17-10-12-20(13-11-17)19-8-6-5-7-9-19;/h5-13,18,21-22,24H,3-4,14-16H2,1-2H3;1H/t18-,21+,22+;/m1./s1. The van der Waals surface area contributed by atoms with Gasteiger partial charge in [0, 0.05) is 6.04 Å². The lowest BCUT2D eigenvalue weighted by atomic mass is 9.95. The van der Waals surface area contributed by atoms with Crippen LogP contribution in [-0.4, -0.2) is 35.2 Å². The predicted molar refractivity (Wildman–Crippen MR) is 108 cm³/mol. The number of nitrogens with zero attached hydrogens (tertiary/aromatic N) is 1. The summed E-state index contributed by atoms with van der Waals surface area (Å²) in [5.41, 5.74) is 3.92. The van der Waals surface area contributed by atoms with Gasteiger partial charge < -0.3 is 5.11 Å². The van der Waals surface area contributed by atoms with Gasteiger partial charge in [0.05, 0.1) is 6.10 Å². The van der Waals surface area contributed by atoms with Crippen molar-refractivity contribution in [2.45, 2.75) is 45.3 Å². The van der Waals surface area contributed by atoms with Crippen LogP contribution >= 0.6 is 12.4 Å². The molecule has 2 aromatic rings. The summed E-state index contributed by atoms with van der Waals surface area (Å²) in [6, 6.07) is 19.8. The second-order valence-corrected chi connectivity index (χ2v) is 6.96. The molecule has 0 unspecified atom stereocenters. The molecule has 0 aromatic heterocycles. The van der Waals surface area contributed by atoms with Crippen molar-refractivity contribution >= 4 is 12.4 Å². The van der Waals surface area contributed by atoms with Gasteiger partial charge in [-0.1, -0.05) is 68.4 Å². The predicted octanol–water partition coefficient (Wildman–Crippen LogP) is 4.80. The first-order valence-corrected chi connectivity index (χ1v) is 9.27. The van der Waals surface area contributed by atoms with Crippen LogP contribution in [0.1, 0.15) is 32.3 Å². The van der Waals surface area contributed by atoms with E-state index < -0.39 is 0 Å². The number of rotatable bonds is 6. The SMILES string of the molecule is CCN(CC)[C@H]1C[C@@H](Cc2ccc(-c3ccccc3)cc2)C[C@@H]1O.Cl. The molecule has 3 heteroatoms. The zero-order valence-electron chi connectivity index (χ0n) is 15.3. The summed E-state index contributed by atoms with van der Waals surface area (Å²) in [4.78, 5) is 2.41. The second-order valence-electron chi connectivity index (χ2n) is 6.96. The van der Waals surface area contributed by atoms with E-state index in [1.54, 1.807) is 0 Å². The fourth-order valence-corrected chi connectivity index (χ4v) is 4.14. The minimum absolute atomic E-state index is 0. The van der Waals surface area contributed by atoms with E-state index in [2.05, 4.69) is 73.3 Å². The largest absolute Gasteiger partial charge is 0.391 e. The molecule has 2 aromatic carbocycles. The summed E-state index contributed by atoms with van der Waals surface area (Å²) in [6.45, 7) is 6.42. The number of halogens is 1. The molecule has 1 aliphatic rings. The summed E-state index contributed by atoms with van der Waals surface area (Å²) >= 11 is 0. The Bertz CT molecular complexity index is 624. The van der Waals surface area contributed by atoms with Gasteiger partial charge in [-0.15, -0.1) is 12.4 Å². The molecule has 0 radical (unpaired) electrons. The van der Waals surface area contributed by atoms with Crippen LogP contribution in [-0.2, 0) is 6.42 Å². The lowest BCUT2D eigenvalue weighted by Gasteiger charge is -2.28. The first kappa shape index (κ1) is 20.0. The zero-order chi connectivity index (χ0) is 16.9. The molecule has 3 rings (SSSR count). The number of likely N-dealkylation sites (N-methyl/N-ethyl adjacent to an activating group) is 1. The highest BCUT2D eigenvalue weighted by molar-refractivity contribution is 5.85. The highest BCUT2D eigenvalue weighted by Gasteiger charge is 2.35. The average molecular weight is 360 g/mol. The quantitative estimate of drug-likeness (QED) is 0.800. The van der Waals surface area contributed by atoms with Gasteiger partial charge >= 0.3 is 0 Å². The molecule has 1 fully saturated rings. The molecule has 2 nitrogen and oxygen atoms in total. The van der Waals surface area contributed by atoms with E-state index in [1.165, 1.54) is 16.7 Å². The smallest absolute Gasteiger partial charge is 0.0698 e. The molecule has 1 saturated carbocycles. The van der Waals surface area contributed by atoms with Crippen molar-refractivity contribution in [1.82, 2.24) is 4.90 Å². The molecular weight excluding hydrogens is 330 g/mol. The van der Waals surface area contributed by atoms with Crippen molar-refractivity contribution in [1.29, 1.82) is 0 Å². The molecule has 3 atom stereocenters. The van der Waals surface area contributed by atoms with Gasteiger partial charge in [0.1, 0.15) is 0 Å². The molecule has 0 aliphatic heterocycles. The van der Waals surface area contributed by atoms with Crippen molar-refractivity contribution in [3.8, 4) is 11.1 Å². The average Bonchev–Trinajstić information content (AvgIpc) is 2.98. The zero-order valence-corrected chi connectivity index (χ0v) is 16.1. The van der Waals surface area contributed by atoms with Crippen LogP contribution in [0.4, 0.5) is 0 Å². The van der Waals surface area contributed by atoms with E-state index in [0.29, 0.717) is 12.0 Å². The number of hydrogen-bond donors (Lipinski definition) is 1. The molecule has 0 saturated heterocycles. The van der Waals surface area contributed by atoms with E-state index in [-0.39, 0.29) is 18.5 Å². The number of aliphatic hydroxyl groups excluding tert-OH is 1. The third-order valence-electron chi connectivity index (χ3n) is 5.46. The number of benzene rings is 2. The van der Waals surface area contributed by atoms with Crippen LogP contribution in [0.2, 0.25) is 0 Å². The van der Waals surface area contributed by atoms with Crippen LogP contribution < -0.4 is 0 Å². The first-order valence-electron chi connectivity index (χ1n) is 9.27. The Labute approximate surface area is 158 Å². The lowest BCUT2D eigenvalue weighted by Crippen LogP contribution is -2.40. The molecule has 0 bridgehead atoms. The van der Waals surface area contributed by atoms with Crippen molar-refractivity contribution in [2.24, 2.45) is 5.92 Å². The normalized spacial score (nSPS) is 22.8. The van der Waals surface area contributed by atoms with E-state index in [0.717, 1.165) is 32.4 Å². The van der Waals surface area contributed by atoms with Crippen LogP contribution in [0.5, 0.6) is 0 Å². The molecule has 25 heavy (non-hydrogen) atoms. The van der Waals surface area contributed by atoms with E-state index in [1.807, 2.05) is 0 Å². The maximum atomic E-state index is 10.4. The minimum Gasteiger partial charge on any atom is -0.391 e. The maximum absolute atomic E-state index is 10.4. The van der Waals surface area contributed by atoms with E-state index in [9.17, 15) is 5.11 Å². The molecule has 1 N–H and O–H groups in total. The molecule has 0 heterocycles. The van der Waals surface area contributed by atoms with E-state index >= 15 is 0 Å². The monoisotopic (exact) mass is 359 g/mol. The Hall–Kier alpha value is -1.35. The Morgan fingerprint density at radius 3 is 2.08 bits per heavy atom. The minimum atomic E-state index is -0.168. The van der Waals surface area contributed by atoms with Crippen LogP contribution in [0.15, 0.2) is 54.6 Å². The Morgan fingerprint density at radius 2 is 1.48 bits per heavy atom. The van der Waals surface area contributed by atoms with Gasteiger partial charge in [-0.2, -0.15) is 0 Å². The fraction of sp³-hybridized carbons (Fsp3) is 0.455. The van der Waals surface area contributed by atoms with Crippen LogP contribution in [0.3, 0.4) is 0 Å². The van der Waals surface area contributed by atoms with Gasteiger partial charge in [-0.05, 0) is 55.0 Å². The van der Waals surface area contributed by atoms with Gasteiger partial charge in [0.15, 0.2) is 0 Å². The summed E-state index contributed by atoms with van der Waals surface area (Å²) in [5.74, 6) is 0.591. The third kappa shape index (κ3) is 4.84. The van der Waals surface area contributed by atoms with E-state index in [4.69, 9.17) is 0 Å². The van der Waals surface area contributed by atoms with Gasteiger partial charge in [-0.25, -0.2) is 0 Å². The molecular formula is C22H30ClNO. The van der Waals surface area contributed by atoms with Crippen LogP contribution in [0.25, 0.3) is 11.1 Å². The summed E-state index contributed by atoms with van der Waals surface area (Å²) in [7, 11) is 0. The Kier molecular flexibility index (Phi) is 7.49. The third-order valence-corrected chi connectivity index (χ3v) is 5.46.